The second-order valence-corrected chi connectivity index (χ2v) is 8.69. The summed E-state index contributed by atoms with van der Waals surface area (Å²) < 4.78 is 5.51. The molecule has 0 bridgehead atoms. The van der Waals surface area contributed by atoms with Gasteiger partial charge >= 0.3 is 0 Å². The van der Waals surface area contributed by atoms with Crippen molar-refractivity contribution in [1.29, 1.82) is 0 Å². The number of amides is 1. The van der Waals surface area contributed by atoms with Gasteiger partial charge in [-0.25, -0.2) is 0 Å². The molecule has 0 aliphatic carbocycles. The Hall–Kier alpha value is -2.18. The minimum absolute atomic E-state index is 0.0112. The fourth-order valence-electron chi connectivity index (χ4n) is 4.19. The second kappa shape index (κ2) is 9.09. The molecule has 154 valence electrons. The van der Waals surface area contributed by atoms with Gasteiger partial charge in [0.2, 0.25) is 5.91 Å². The van der Waals surface area contributed by atoms with Crippen molar-refractivity contribution in [1.82, 2.24) is 4.90 Å². The molecule has 1 atom stereocenters. The number of ether oxygens (including phenoxy) is 1. The zero-order valence-corrected chi connectivity index (χ0v) is 18.0. The quantitative estimate of drug-likeness (QED) is 0.724. The molecule has 4 rings (SSSR count). The lowest BCUT2D eigenvalue weighted by Gasteiger charge is -2.38. The van der Waals surface area contributed by atoms with Crippen molar-refractivity contribution in [2.75, 3.05) is 56.2 Å². The van der Waals surface area contributed by atoms with E-state index in [-0.39, 0.29) is 11.2 Å². The Balaban J connectivity index is 1.33. The van der Waals surface area contributed by atoms with E-state index in [0.717, 1.165) is 57.1 Å². The Morgan fingerprint density at radius 2 is 1.69 bits per heavy atom. The third kappa shape index (κ3) is 4.23. The van der Waals surface area contributed by atoms with Gasteiger partial charge < -0.3 is 14.5 Å². The number of para-hydroxylation sites is 3. The molecule has 0 radical (unpaired) electrons. The first-order valence-electron chi connectivity index (χ1n) is 10.4. The molecule has 2 aliphatic rings. The number of rotatable bonds is 6. The molecule has 1 fully saturated rings. The lowest BCUT2D eigenvalue weighted by atomic mass is 10.2. The highest BCUT2D eigenvalue weighted by molar-refractivity contribution is 8.01. The molecular weight excluding hydrogens is 382 g/mol. The summed E-state index contributed by atoms with van der Waals surface area (Å²) in [7, 11) is 1.73. The fourth-order valence-corrected chi connectivity index (χ4v) is 5.40. The van der Waals surface area contributed by atoms with Gasteiger partial charge in [-0.1, -0.05) is 24.3 Å². The number of thioether (sulfide) groups is 1. The van der Waals surface area contributed by atoms with Crippen molar-refractivity contribution in [3.05, 3.63) is 48.5 Å². The predicted octanol–water partition coefficient (Wildman–Crippen LogP) is 3.73. The van der Waals surface area contributed by atoms with E-state index in [1.54, 1.807) is 18.9 Å². The molecule has 6 heteroatoms. The van der Waals surface area contributed by atoms with Crippen molar-refractivity contribution in [2.45, 2.75) is 23.5 Å². The Morgan fingerprint density at radius 1 is 1.00 bits per heavy atom. The van der Waals surface area contributed by atoms with E-state index in [1.807, 2.05) is 23.1 Å². The molecule has 1 amide bonds. The smallest absolute Gasteiger partial charge is 0.240 e. The second-order valence-electron chi connectivity index (χ2n) is 7.45. The van der Waals surface area contributed by atoms with E-state index in [2.05, 4.69) is 47.1 Å². The van der Waals surface area contributed by atoms with Crippen LogP contribution in [0.5, 0.6) is 5.75 Å². The summed E-state index contributed by atoms with van der Waals surface area (Å²) in [6, 6.07) is 16.5. The summed E-state index contributed by atoms with van der Waals surface area (Å²) >= 11 is 1.73. The van der Waals surface area contributed by atoms with Crippen molar-refractivity contribution in [3.8, 4) is 5.75 Å². The average Bonchev–Trinajstić information content (AvgIpc) is 2.78. The molecule has 29 heavy (non-hydrogen) atoms. The molecular formula is C23H29N3O2S. The number of nitrogens with zero attached hydrogens (tertiary/aromatic N) is 3. The molecule has 2 aromatic rings. The van der Waals surface area contributed by atoms with E-state index in [4.69, 9.17) is 4.74 Å². The summed E-state index contributed by atoms with van der Waals surface area (Å²) in [5.74, 6) is 1.19. The van der Waals surface area contributed by atoms with Crippen LogP contribution in [-0.4, -0.2) is 62.4 Å². The Kier molecular flexibility index (Phi) is 6.31. The standard InChI is InChI=1S/C23H29N3O2S/c1-3-26-19-9-5-7-11-21(19)29-22(23(26)27)12-13-24-14-16-25(17-15-24)18-8-4-6-10-20(18)28-2/h4-11,22H,3,12-17H2,1-2H3. The van der Waals surface area contributed by atoms with Crippen LogP contribution in [0.25, 0.3) is 0 Å². The number of anilines is 2. The van der Waals surface area contributed by atoms with Crippen LogP contribution < -0.4 is 14.5 Å². The number of fused-ring (bicyclic) bond motifs is 1. The molecule has 0 spiro atoms. The molecule has 2 heterocycles. The maximum Gasteiger partial charge on any atom is 0.240 e. The van der Waals surface area contributed by atoms with Gasteiger partial charge in [0, 0.05) is 37.6 Å². The van der Waals surface area contributed by atoms with Gasteiger partial charge in [-0.15, -0.1) is 11.8 Å². The van der Waals surface area contributed by atoms with Crippen LogP contribution in [0.4, 0.5) is 11.4 Å². The van der Waals surface area contributed by atoms with Crippen LogP contribution in [0.1, 0.15) is 13.3 Å². The normalized spacial score (nSPS) is 19.9. The first kappa shape index (κ1) is 20.1. The van der Waals surface area contributed by atoms with Crippen molar-refractivity contribution < 1.29 is 9.53 Å². The number of carbonyl (C=O) groups excluding carboxylic acids is 1. The number of benzene rings is 2. The van der Waals surface area contributed by atoms with Gasteiger partial charge in [-0.3, -0.25) is 9.69 Å². The molecule has 2 aromatic carbocycles. The summed E-state index contributed by atoms with van der Waals surface area (Å²) in [5, 5.41) is 0.0112. The zero-order valence-electron chi connectivity index (χ0n) is 17.2. The highest BCUT2D eigenvalue weighted by Crippen LogP contribution is 2.40. The van der Waals surface area contributed by atoms with Gasteiger partial charge in [0.05, 0.1) is 23.7 Å². The van der Waals surface area contributed by atoms with Gasteiger partial charge in [-0.2, -0.15) is 0 Å². The van der Waals surface area contributed by atoms with E-state index < -0.39 is 0 Å². The predicted molar refractivity (Wildman–Crippen MR) is 120 cm³/mol. The van der Waals surface area contributed by atoms with Crippen molar-refractivity contribution in [3.63, 3.8) is 0 Å². The van der Waals surface area contributed by atoms with Crippen LogP contribution in [0.2, 0.25) is 0 Å². The van der Waals surface area contributed by atoms with Gasteiger partial charge in [0.15, 0.2) is 0 Å². The van der Waals surface area contributed by atoms with Gasteiger partial charge in [0.1, 0.15) is 5.75 Å². The highest BCUT2D eigenvalue weighted by atomic mass is 32.2. The van der Waals surface area contributed by atoms with Gasteiger partial charge in [0.25, 0.3) is 0 Å². The van der Waals surface area contributed by atoms with Crippen LogP contribution in [-0.2, 0) is 4.79 Å². The molecule has 1 saturated heterocycles. The Bertz CT molecular complexity index is 852. The monoisotopic (exact) mass is 411 g/mol. The van der Waals surface area contributed by atoms with E-state index in [9.17, 15) is 4.79 Å². The number of piperazine rings is 1. The van der Waals surface area contributed by atoms with Crippen LogP contribution in [0.15, 0.2) is 53.4 Å². The third-order valence-corrected chi connectivity index (χ3v) is 7.11. The number of carbonyl (C=O) groups is 1. The molecule has 1 unspecified atom stereocenters. The zero-order chi connectivity index (χ0) is 20.2. The van der Waals surface area contributed by atoms with E-state index >= 15 is 0 Å². The maximum absolute atomic E-state index is 13.0. The molecule has 0 saturated carbocycles. The average molecular weight is 412 g/mol. The van der Waals surface area contributed by atoms with Crippen molar-refractivity contribution >= 4 is 29.0 Å². The van der Waals surface area contributed by atoms with E-state index in [1.165, 1.54) is 10.6 Å². The van der Waals surface area contributed by atoms with Crippen LogP contribution >= 0.6 is 11.8 Å². The van der Waals surface area contributed by atoms with Crippen molar-refractivity contribution in [2.24, 2.45) is 0 Å². The molecule has 0 aromatic heterocycles. The number of hydrogen-bond acceptors (Lipinski definition) is 5. The molecule has 5 nitrogen and oxygen atoms in total. The highest BCUT2D eigenvalue weighted by Gasteiger charge is 2.32. The number of hydrogen-bond donors (Lipinski definition) is 0. The third-order valence-electron chi connectivity index (χ3n) is 5.79. The largest absolute Gasteiger partial charge is 0.495 e. The lowest BCUT2D eigenvalue weighted by Crippen LogP contribution is -2.48. The van der Waals surface area contributed by atoms with Gasteiger partial charge in [-0.05, 0) is 44.2 Å². The fraction of sp³-hybridized carbons (Fsp3) is 0.435. The number of methoxy groups -OCH3 is 1. The summed E-state index contributed by atoms with van der Waals surface area (Å²) in [6.07, 6.45) is 0.892. The molecule has 0 N–H and O–H groups in total. The summed E-state index contributed by atoms with van der Waals surface area (Å²) in [6.45, 7) is 7.73. The topological polar surface area (TPSA) is 36.0 Å². The first-order valence-corrected chi connectivity index (χ1v) is 11.3. The maximum atomic E-state index is 13.0. The SMILES string of the molecule is CCN1C(=O)C(CCN2CCN(c3ccccc3OC)CC2)Sc2ccccc21. The lowest BCUT2D eigenvalue weighted by molar-refractivity contribution is -0.118. The Labute approximate surface area is 177 Å². The summed E-state index contributed by atoms with van der Waals surface area (Å²) in [4.78, 5) is 21.0. The minimum Gasteiger partial charge on any atom is -0.495 e. The minimum atomic E-state index is 0.0112. The van der Waals surface area contributed by atoms with Crippen LogP contribution in [0, 0.1) is 0 Å². The molecule has 2 aliphatic heterocycles. The Morgan fingerprint density at radius 3 is 2.41 bits per heavy atom. The first-order chi connectivity index (χ1) is 14.2. The summed E-state index contributed by atoms with van der Waals surface area (Å²) in [5.41, 5.74) is 2.23. The van der Waals surface area contributed by atoms with E-state index in [0.29, 0.717) is 0 Å². The van der Waals surface area contributed by atoms with Crippen LogP contribution in [0.3, 0.4) is 0 Å².